The molecule has 0 aromatic heterocycles. The van der Waals surface area contributed by atoms with E-state index in [1.807, 2.05) is 13.8 Å². The third kappa shape index (κ3) is 5.89. The van der Waals surface area contributed by atoms with Gasteiger partial charge in [-0.15, -0.1) is 0 Å². The Morgan fingerprint density at radius 2 is 1.95 bits per heavy atom. The van der Waals surface area contributed by atoms with Crippen LogP contribution < -0.4 is 5.32 Å². The first kappa shape index (κ1) is 16.4. The number of piperidine rings is 1. The van der Waals surface area contributed by atoms with Gasteiger partial charge in [-0.25, -0.2) is 0 Å². The fourth-order valence-corrected chi connectivity index (χ4v) is 2.15. The quantitative estimate of drug-likeness (QED) is 0.722. The Morgan fingerprint density at radius 3 is 2.42 bits per heavy atom. The topological polar surface area (TPSA) is 55.8 Å². The summed E-state index contributed by atoms with van der Waals surface area (Å²) in [5.74, 6) is 0.465. The number of aliphatic hydroxyl groups excluding tert-OH is 1. The zero-order valence-electron chi connectivity index (χ0n) is 12.7. The summed E-state index contributed by atoms with van der Waals surface area (Å²) >= 11 is 0. The molecule has 1 aliphatic heterocycles. The molecule has 1 aliphatic rings. The number of aliphatic hydroxyl groups is 1. The van der Waals surface area contributed by atoms with Gasteiger partial charge < -0.3 is 15.3 Å². The molecule has 0 aliphatic carbocycles. The predicted molar refractivity (Wildman–Crippen MR) is 77.0 cm³/mol. The van der Waals surface area contributed by atoms with Crippen LogP contribution in [0.2, 0.25) is 0 Å². The molecule has 5 heteroatoms. The zero-order chi connectivity index (χ0) is 14.4. The van der Waals surface area contributed by atoms with Crippen LogP contribution >= 0.6 is 0 Å². The number of amides is 1. The Hall–Kier alpha value is -0.650. The van der Waals surface area contributed by atoms with Crippen molar-refractivity contribution < 1.29 is 9.90 Å². The van der Waals surface area contributed by atoms with Crippen LogP contribution in [0.4, 0.5) is 0 Å². The van der Waals surface area contributed by atoms with Crippen molar-refractivity contribution in [1.82, 2.24) is 15.1 Å². The average molecular weight is 271 g/mol. The number of hydrogen-bond donors (Lipinski definition) is 2. The minimum Gasteiger partial charge on any atom is -0.392 e. The SMILES string of the molecule is CC(C)C(O)CNC1CCN(CC(=O)N(C)C)CC1. The molecular weight excluding hydrogens is 242 g/mol. The maximum absolute atomic E-state index is 11.6. The highest BCUT2D eigenvalue weighted by Crippen LogP contribution is 2.11. The highest BCUT2D eigenvalue weighted by atomic mass is 16.3. The number of likely N-dealkylation sites (N-methyl/N-ethyl adjacent to an activating group) is 1. The van der Waals surface area contributed by atoms with Crippen molar-refractivity contribution in [2.45, 2.75) is 38.8 Å². The third-order valence-electron chi connectivity index (χ3n) is 3.83. The number of nitrogens with one attached hydrogen (secondary N) is 1. The molecule has 1 heterocycles. The van der Waals surface area contributed by atoms with Gasteiger partial charge in [0, 0.05) is 39.8 Å². The largest absolute Gasteiger partial charge is 0.392 e. The van der Waals surface area contributed by atoms with Crippen molar-refractivity contribution in [3.63, 3.8) is 0 Å². The monoisotopic (exact) mass is 271 g/mol. The Morgan fingerprint density at radius 1 is 1.37 bits per heavy atom. The normalized spacial score (nSPS) is 19.7. The van der Waals surface area contributed by atoms with E-state index in [1.54, 1.807) is 19.0 Å². The maximum Gasteiger partial charge on any atom is 0.236 e. The number of carbonyl (C=O) groups excluding carboxylic acids is 1. The lowest BCUT2D eigenvalue weighted by atomic mass is 10.0. The van der Waals surface area contributed by atoms with E-state index in [-0.39, 0.29) is 12.0 Å². The summed E-state index contributed by atoms with van der Waals surface area (Å²) in [5.41, 5.74) is 0. The standard InChI is InChI=1S/C14H29N3O2/c1-11(2)13(18)9-15-12-5-7-17(8-6-12)10-14(19)16(3)4/h11-13,15,18H,5-10H2,1-4H3. The van der Waals surface area contributed by atoms with Crippen molar-refractivity contribution >= 4 is 5.91 Å². The molecule has 0 saturated carbocycles. The molecule has 19 heavy (non-hydrogen) atoms. The van der Waals surface area contributed by atoms with Crippen LogP contribution in [0.1, 0.15) is 26.7 Å². The summed E-state index contributed by atoms with van der Waals surface area (Å²) in [6.07, 6.45) is 1.82. The van der Waals surface area contributed by atoms with Gasteiger partial charge in [0.25, 0.3) is 0 Å². The molecule has 1 unspecified atom stereocenters. The number of carbonyl (C=O) groups is 1. The molecule has 0 aromatic carbocycles. The van der Waals surface area contributed by atoms with Crippen molar-refractivity contribution in [2.75, 3.05) is 40.3 Å². The summed E-state index contributed by atoms with van der Waals surface area (Å²) in [6.45, 7) is 7.15. The molecule has 1 atom stereocenters. The molecule has 1 saturated heterocycles. The van der Waals surface area contributed by atoms with E-state index < -0.39 is 0 Å². The lowest BCUT2D eigenvalue weighted by molar-refractivity contribution is -0.130. The van der Waals surface area contributed by atoms with Gasteiger partial charge >= 0.3 is 0 Å². The van der Waals surface area contributed by atoms with Crippen LogP contribution in [-0.2, 0) is 4.79 Å². The highest BCUT2D eigenvalue weighted by Gasteiger charge is 2.21. The molecular formula is C14H29N3O2. The Kier molecular flexibility index (Phi) is 6.75. The summed E-state index contributed by atoms with van der Waals surface area (Å²) in [4.78, 5) is 15.5. The van der Waals surface area contributed by atoms with Gasteiger partial charge in [0.15, 0.2) is 0 Å². The van der Waals surface area contributed by atoms with Gasteiger partial charge in [0.1, 0.15) is 0 Å². The summed E-state index contributed by atoms with van der Waals surface area (Å²) < 4.78 is 0. The van der Waals surface area contributed by atoms with Crippen molar-refractivity contribution in [1.29, 1.82) is 0 Å². The van der Waals surface area contributed by atoms with Crippen LogP contribution in [0.15, 0.2) is 0 Å². The van der Waals surface area contributed by atoms with Gasteiger partial charge in [-0.1, -0.05) is 13.8 Å². The Labute approximate surface area is 117 Å². The molecule has 112 valence electrons. The van der Waals surface area contributed by atoms with Gasteiger partial charge in [-0.2, -0.15) is 0 Å². The second-order valence-electron chi connectivity index (χ2n) is 6.06. The molecule has 0 bridgehead atoms. The zero-order valence-corrected chi connectivity index (χ0v) is 12.7. The lowest BCUT2D eigenvalue weighted by Crippen LogP contribution is -2.47. The highest BCUT2D eigenvalue weighted by molar-refractivity contribution is 5.77. The first-order chi connectivity index (χ1) is 8.90. The molecule has 1 rings (SSSR count). The van der Waals surface area contributed by atoms with Crippen molar-refractivity contribution in [3.05, 3.63) is 0 Å². The van der Waals surface area contributed by atoms with Gasteiger partial charge in [-0.3, -0.25) is 9.69 Å². The third-order valence-corrected chi connectivity index (χ3v) is 3.83. The molecule has 5 nitrogen and oxygen atoms in total. The summed E-state index contributed by atoms with van der Waals surface area (Å²) in [5, 5.41) is 13.2. The summed E-state index contributed by atoms with van der Waals surface area (Å²) in [6, 6.07) is 0.471. The number of likely N-dealkylation sites (tertiary alicyclic amines) is 1. The second-order valence-corrected chi connectivity index (χ2v) is 6.06. The van der Waals surface area contributed by atoms with Gasteiger partial charge in [0.05, 0.1) is 12.6 Å². The second kappa shape index (κ2) is 7.82. The Balaban J connectivity index is 2.20. The van der Waals surface area contributed by atoms with E-state index in [1.165, 1.54) is 0 Å². The number of hydrogen-bond acceptors (Lipinski definition) is 4. The maximum atomic E-state index is 11.6. The van der Waals surface area contributed by atoms with Crippen LogP contribution in [-0.4, -0.2) is 73.2 Å². The van der Waals surface area contributed by atoms with E-state index in [9.17, 15) is 9.90 Å². The van der Waals surface area contributed by atoms with E-state index in [2.05, 4.69) is 10.2 Å². The minimum absolute atomic E-state index is 0.168. The Bertz CT molecular complexity index is 274. The van der Waals surface area contributed by atoms with Crippen molar-refractivity contribution in [2.24, 2.45) is 5.92 Å². The fourth-order valence-electron chi connectivity index (χ4n) is 2.15. The van der Waals surface area contributed by atoms with Crippen LogP contribution in [0.25, 0.3) is 0 Å². The smallest absolute Gasteiger partial charge is 0.236 e. The molecule has 0 spiro atoms. The summed E-state index contributed by atoms with van der Waals surface area (Å²) in [7, 11) is 3.59. The van der Waals surface area contributed by atoms with E-state index in [4.69, 9.17) is 0 Å². The lowest BCUT2D eigenvalue weighted by Gasteiger charge is -2.33. The fraction of sp³-hybridized carbons (Fsp3) is 0.929. The number of nitrogens with zero attached hydrogens (tertiary/aromatic N) is 2. The van der Waals surface area contributed by atoms with E-state index in [0.29, 0.717) is 25.0 Å². The molecule has 1 amide bonds. The molecule has 0 radical (unpaired) electrons. The number of rotatable bonds is 6. The van der Waals surface area contributed by atoms with Gasteiger partial charge in [0.2, 0.25) is 5.91 Å². The van der Waals surface area contributed by atoms with Crippen LogP contribution in [0.3, 0.4) is 0 Å². The predicted octanol–water partition coefficient (Wildman–Crippen LogP) is 0.146. The first-order valence-electron chi connectivity index (χ1n) is 7.24. The van der Waals surface area contributed by atoms with E-state index >= 15 is 0 Å². The molecule has 0 aromatic rings. The molecule has 2 N–H and O–H groups in total. The van der Waals surface area contributed by atoms with Gasteiger partial charge in [-0.05, 0) is 18.8 Å². The van der Waals surface area contributed by atoms with Crippen molar-refractivity contribution in [3.8, 4) is 0 Å². The van der Waals surface area contributed by atoms with Crippen LogP contribution in [0.5, 0.6) is 0 Å². The average Bonchev–Trinajstić information content (AvgIpc) is 2.37. The van der Waals surface area contributed by atoms with Crippen LogP contribution in [0, 0.1) is 5.92 Å². The van der Waals surface area contributed by atoms with E-state index in [0.717, 1.165) is 25.9 Å². The minimum atomic E-state index is -0.270. The first-order valence-corrected chi connectivity index (χ1v) is 7.24. The molecule has 1 fully saturated rings.